The van der Waals surface area contributed by atoms with Crippen molar-refractivity contribution in [1.82, 2.24) is 9.97 Å². The first-order valence-electron chi connectivity index (χ1n) is 5.58. The van der Waals surface area contributed by atoms with Crippen molar-refractivity contribution in [2.45, 2.75) is 6.92 Å². The molecular weight excluding hydrogens is 292 g/mol. The molecule has 0 unspecified atom stereocenters. The Morgan fingerprint density at radius 3 is 2.67 bits per heavy atom. The summed E-state index contributed by atoms with van der Waals surface area (Å²) in [5.41, 5.74) is 4.13. The molecule has 0 saturated heterocycles. The summed E-state index contributed by atoms with van der Waals surface area (Å²) in [6.45, 7) is 2.03. The topological polar surface area (TPSA) is 48.9 Å². The van der Waals surface area contributed by atoms with Gasteiger partial charge in [0.25, 0.3) is 0 Å². The van der Waals surface area contributed by atoms with Gasteiger partial charge in [0, 0.05) is 27.3 Å². The van der Waals surface area contributed by atoms with Gasteiger partial charge in [0.1, 0.15) is 11.4 Å². The Labute approximate surface area is 113 Å². The van der Waals surface area contributed by atoms with Gasteiger partial charge < -0.3 is 10.1 Å². The van der Waals surface area contributed by atoms with E-state index < -0.39 is 0 Å². The number of aromatic hydroxyl groups is 1. The van der Waals surface area contributed by atoms with E-state index >= 15 is 0 Å². The number of phenolic OH excluding ortho intramolecular Hbond substituents is 1. The molecule has 2 heterocycles. The van der Waals surface area contributed by atoms with Crippen LogP contribution in [0.2, 0.25) is 0 Å². The zero-order valence-electron chi connectivity index (χ0n) is 9.74. The minimum absolute atomic E-state index is 0.274. The molecule has 0 radical (unpaired) electrons. The molecule has 3 rings (SSSR count). The molecule has 0 aliphatic rings. The van der Waals surface area contributed by atoms with E-state index in [1.165, 1.54) is 0 Å². The number of nitrogens with zero attached hydrogens (tertiary/aromatic N) is 1. The van der Waals surface area contributed by atoms with E-state index in [1.807, 2.05) is 25.1 Å². The normalized spacial score (nSPS) is 11.0. The van der Waals surface area contributed by atoms with Crippen molar-refractivity contribution >= 4 is 27.0 Å². The van der Waals surface area contributed by atoms with Crippen molar-refractivity contribution in [2.24, 2.45) is 0 Å². The van der Waals surface area contributed by atoms with Gasteiger partial charge in [0.05, 0.1) is 0 Å². The molecule has 0 fully saturated rings. The number of phenols is 1. The SMILES string of the molecule is Cc1[nH]c2ncc(Br)cc2c1-c1ccc(O)cc1. The predicted octanol–water partition coefficient (Wildman–Crippen LogP) is 4.01. The van der Waals surface area contributed by atoms with E-state index in [2.05, 4.69) is 25.9 Å². The van der Waals surface area contributed by atoms with Crippen molar-refractivity contribution in [3.05, 3.63) is 46.7 Å². The molecule has 90 valence electrons. The smallest absolute Gasteiger partial charge is 0.138 e. The summed E-state index contributed by atoms with van der Waals surface area (Å²) in [7, 11) is 0. The van der Waals surface area contributed by atoms with Gasteiger partial charge in [0.15, 0.2) is 0 Å². The van der Waals surface area contributed by atoms with E-state index in [-0.39, 0.29) is 5.75 Å². The molecule has 3 nitrogen and oxygen atoms in total. The van der Waals surface area contributed by atoms with Crippen molar-refractivity contribution in [2.75, 3.05) is 0 Å². The van der Waals surface area contributed by atoms with Gasteiger partial charge in [-0.05, 0) is 46.6 Å². The number of aromatic nitrogens is 2. The van der Waals surface area contributed by atoms with Crippen molar-refractivity contribution in [3.63, 3.8) is 0 Å². The third-order valence-electron chi connectivity index (χ3n) is 2.96. The lowest BCUT2D eigenvalue weighted by Crippen LogP contribution is -1.79. The molecule has 0 saturated carbocycles. The highest BCUT2D eigenvalue weighted by Crippen LogP contribution is 2.33. The van der Waals surface area contributed by atoms with Crippen molar-refractivity contribution in [1.29, 1.82) is 0 Å². The summed E-state index contributed by atoms with van der Waals surface area (Å²) < 4.78 is 0.953. The number of hydrogen-bond donors (Lipinski definition) is 2. The van der Waals surface area contributed by atoms with Crippen LogP contribution in [-0.2, 0) is 0 Å². The zero-order valence-corrected chi connectivity index (χ0v) is 11.3. The van der Waals surface area contributed by atoms with E-state index in [0.717, 1.165) is 32.3 Å². The summed E-state index contributed by atoms with van der Waals surface area (Å²) >= 11 is 3.44. The Morgan fingerprint density at radius 1 is 1.22 bits per heavy atom. The maximum absolute atomic E-state index is 9.35. The number of H-pyrrole nitrogens is 1. The van der Waals surface area contributed by atoms with Gasteiger partial charge in [-0.1, -0.05) is 12.1 Å². The largest absolute Gasteiger partial charge is 0.508 e. The molecule has 4 heteroatoms. The van der Waals surface area contributed by atoms with Crippen LogP contribution in [0.3, 0.4) is 0 Å². The second kappa shape index (κ2) is 4.14. The maximum Gasteiger partial charge on any atom is 0.138 e. The third kappa shape index (κ3) is 1.78. The molecule has 2 aromatic heterocycles. The first-order valence-corrected chi connectivity index (χ1v) is 6.37. The first kappa shape index (κ1) is 11.3. The fraction of sp³-hybridized carbons (Fsp3) is 0.0714. The monoisotopic (exact) mass is 302 g/mol. The molecule has 2 N–H and O–H groups in total. The fourth-order valence-electron chi connectivity index (χ4n) is 2.17. The molecule has 0 amide bonds. The van der Waals surface area contributed by atoms with E-state index in [1.54, 1.807) is 18.3 Å². The Hall–Kier alpha value is -1.81. The molecule has 18 heavy (non-hydrogen) atoms. The predicted molar refractivity (Wildman–Crippen MR) is 75.6 cm³/mol. The molecule has 1 aromatic carbocycles. The highest BCUT2D eigenvalue weighted by molar-refractivity contribution is 9.10. The van der Waals surface area contributed by atoms with E-state index in [4.69, 9.17) is 0 Å². The lowest BCUT2D eigenvalue weighted by molar-refractivity contribution is 0.475. The molecule has 0 bridgehead atoms. The Bertz CT molecular complexity index is 716. The zero-order chi connectivity index (χ0) is 12.7. The Morgan fingerprint density at radius 2 is 1.94 bits per heavy atom. The number of hydrogen-bond acceptors (Lipinski definition) is 2. The van der Waals surface area contributed by atoms with Crippen LogP contribution in [-0.4, -0.2) is 15.1 Å². The van der Waals surface area contributed by atoms with Gasteiger partial charge in [-0.25, -0.2) is 4.98 Å². The average molecular weight is 303 g/mol. The molecule has 0 spiro atoms. The number of aryl methyl sites for hydroxylation is 1. The van der Waals surface area contributed by atoms with Crippen LogP contribution >= 0.6 is 15.9 Å². The Kier molecular flexibility index (Phi) is 2.59. The third-order valence-corrected chi connectivity index (χ3v) is 3.39. The van der Waals surface area contributed by atoms with Gasteiger partial charge in [-0.15, -0.1) is 0 Å². The van der Waals surface area contributed by atoms with Crippen molar-refractivity contribution < 1.29 is 5.11 Å². The highest BCUT2D eigenvalue weighted by Gasteiger charge is 2.11. The van der Waals surface area contributed by atoms with Gasteiger partial charge >= 0.3 is 0 Å². The molecular formula is C14H11BrN2O. The number of fused-ring (bicyclic) bond motifs is 1. The van der Waals surface area contributed by atoms with Crippen molar-refractivity contribution in [3.8, 4) is 16.9 Å². The molecule has 3 aromatic rings. The number of nitrogens with one attached hydrogen (secondary N) is 1. The van der Waals surface area contributed by atoms with Crippen LogP contribution in [0.1, 0.15) is 5.69 Å². The quantitative estimate of drug-likeness (QED) is 0.713. The average Bonchev–Trinajstić information content (AvgIpc) is 2.66. The number of halogens is 1. The number of rotatable bonds is 1. The van der Waals surface area contributed by atoms with Crippen LogP contribution in [0, 0.1) is 6.92 Å². The lowest BCUT2D eigenvalue weighted by atomic mass is 10.0. The summed E-state index contributed by atoms with van der Waals surface area (Å²) in [5.74, 6) is 0.274. The summed E-state index contributed by atoms with van der Waals surface area (Å²) in [6, 6.07) is 9.25. The minimum atomic E-state index is 0.274. The summed E-state index contributed by atoms with van der Waals surface area (Å²) in [5, 5.41) is 10.4. The van der Waals surface area contributed by atoms with E-state index in [9.17, 15) is 5.11 Å². The number of pyridine rings is 1. The maximum atomic E-state index is 9.35. The van der Waals surface area contributed by atoms with Crippen LogP contribution in [0.5, 0.6) is 5.75 Å². The van der Waals surface area contributed by atoms with Crippen LogP contribution in [0.25, 0.3) is 22.2 Å². The van der Waals surface area contributed by atoms with Crippen LogP contribution < -0.4 is 0 Å². The number of benzene rings is 1. The fourth-order valence-corrected chi connectivity index (χ4v) is 2.50. The number of aromatic amines is 1. The second-order valence-corrected chi connectivity index (χ2v) is 5.14. The molecule has 0 atom stereocenters. The standard InChI is InChI=1S/C14H11BrN2O/c1-8-13(9-2-4-11(18)5-3-9)12-6-10(15)7-16-14(12)17-8/h2-7,18H,1H3,(H,16,17). The summed E-state index contributed by atoms with van der Waals surface area (Å²) in [6.07, 6.45) is 1.78. The Balaban J connectivity index is 2.30. The van der Waals surface area contributed by atoms with Crippen LogP contribution in [0.4, 0.5) is 0 Å². The highest BCUT2D eigenvalue weighted by atomic mass is 79.9. The second-order valence-electron chi connectivity index (χ2n) is 4.22. The lowest BCUT2D eigenvalue weighted by Gasteiger charge is -2.02. The van der Waals surface area contributed by atoms with E-state index in [0.29, 0.717) is 0 Å². The summed E-state index contributed by atoms with van der Waals surface area (Å²) in [4.78, 5) is 7.63. The first-order chi connectivity index (χ1) is 8.65. The van der Waals surface area contributed by atoms with Gasteiger partial charge in [-0.2, -0.15) is 0 Å². The van der Waals surface area contributed by atoms with Gasteiger partial charge in [0.2, 0.25) is 0 Å². The molecule has 0 aliphatic carbocycles. The minimum Gasteiger partial charge on any atom is -0.508 e. The molecule has 0 aliphatic heterocycles. The van der Waals surface area contributed by atoms with Gasteiger partial charge in [-0.3, -0.25) is 0 Å². The van der Waals surface area contributed by atoms with Crippen LogP contribution in [0.15, 0.2) is 41.0 Å².